The molecular weight excluding hydrogens is 246 g/mol. The SMILES string of the molecule is CCCCCCCCCCn1cc2c(c1)C(=O)CCC2. The summed E-state index contributed by atoms with van der Waals surface area (Å²) < 4.78 is 2.24. The number of aryl methyl sites for hydroxylation is 2. The molecule has 1 heterocycles. The highest BCUT2D eigenvalue weighted by Gasteiger charge is 2.18. The number of ketones is 1. The Labute approximate surface area is 123 Å². The molecule has 1 aromatic rings. The zero-order valence-corrected chi connectivity index (χ0v) is 13.0. The third-order valence-electron chi connectivity index (χ3n) is 4.38. The van der Waals surface area contributed by atoms with Crippen LogP contribution in [0.1, 0.15) is 87.1 Å². The molecule has 1 aliphatic carbocycles. The van der Waals surface area contributed by atoms with Gasteiger partial charge in [0.1, 0.15) is 0 Å². The highest BCUT2D eigenvalue weighted by molar-refractivity contribution is 5.98. The van der Waals surface area contributed by atoms with E-state index in [9.17, 15) is 4.79 Å². The van der Waals surface area contributed by atoms with E-state index < -0.39 is 0 Å². The van der Waals surface area contributed by atoms with Crippen molar-refractivity contribution in [3.8, 4) is 0 Å². The third-order valence-corrected chi connectivity index (χ3v) is 4.38. The van der Waals surface area contributed by atoms with Gasteiger partial charge in [-0.3, -0.25) is 4.79 Å². The van der Waals surface area contributed by atoms with E-state index in [0.717, 1.165) is 31.4 Å². The van der Waals surface area contributed by atoms with E-state index in [1.54, 1.807) is 0 Å². The molecule has 2 heteroatoms. The van der Waals surface area contributed by atoms with Crippen molar-refractivity contribution in [1.29, 1.82) is 0 Å². The van der Waals surface area contributed by atoms with Gasteiger partial charge in [0.25, 0.3) is 0 Å². The van der Waals surface area contributed by atoms with E-state index in [2.05, 4.69) is 23.9 Å². The molecule has 0 aliphatic heterocycles. The molecule has 0 fully saturated rings. The van der Waals surface area contributed by atoms with Crippen LogP contribution in [-0.4, -0.2) is 10.4 Å². The Kier molecular flexibility index (Phi) is 6.35. The van der Waals surface area contributed by atoms with Gasteiger partial charge < -0.3 is 4.57 Å². The van der Waals surface area contributed by atoms with Crippen molar-refractivity contribution in [2.24, 2.45) is 0 Å². The number of hydrogen-bond donors (Lipinski definition) is 0. The van der Waals surface area contributed by atoms with Gasteiger partial charge in [0.05, 0.1) is 0 Å². The smallest absolute Gasteiger partial charge is 0.164 e. The van der Waals surface area contributed by atoms with Gasteiger partial charge in [-0.1, -0.05) is 51.9 Å². The van der Waals surface area contributed by atoms with Gasteiger partial charge in [-0.15, -0.1) is 0 Å². The maximum Gasteiger partial charge on any atom is 0.164 e. The Morgan fingerprint density at radius 3 is 2.35 bits per heavy atom. The molecule has 2 rings (SSSR count). The number of carbonyl (C=O) groups is 1. The van der Waals surface area contributed by atoms with Crippen LogP contribution in [0.2, 0.25) is 0 Å². The number of fused-ring (bicyclic) bond motifs is 1. The molecule has 0 saturated heterocycles. The van der Waals surface area contributed by atoms with Crippen LogP contribution < -0.4 is 0 Å². The van der Waals surface area contributed by atoms with E-state index >= 15 is 0 Å². The molecular formula is C18H29NO. The van der Waals surface area contributed by atoms with E-state index in [0.29, 0.717) is 5.78 Å². The molecule has 112 valence electrons. The summed E-state index contributed by atoms with van der Waals surface area (Å²) in [7, 11) is 0. The summed E-state index contributed by atoms with van der Waals surface area (Å²) in [6.07, 6.45) is 18.0. The third kappa shape index (κ3) is 4.50. The van der Waals surface area contributed by atoms with E-state index in [1.165, 1.54) is 56.9 Å². The van der Waals surface area contributed by atoms with Gasteiger partial charge in [0.2, 0.25) is 0 Å². The topological polar surface area (TPSA) is 22.0 Å². The highest BCUT2D eigenvalue weighted by Crippen LogP contribution is 2.22. The van der Waals surface area contributed by atoms with Gasteiger partial charge in [0, 0.05) is 30.9 Å². The van der Waals surface area contributed by atoms with Crippen LogP contribution in [0.4, 0.5) is 0 Å². The van der Waals surface area contributed by atoms with Crippen LogP contribution in [-0.2, 0) is 13.0 Å². The summed E-state index contributed by atoms with van der Waals surface area (Å²) in [5, 5.41) is 0. The molecule has 0 radical (unpaired) electrons. The molecule has 0 spiro atoms. The lowest BCUT2D eigenvalue weighted by Crippen LogP contribution is -2.07. The molecule has 0 atom stereocenters. The van der Waals surface area contributed by atoms with Gasteiger partial charge in [-0.2, -0.15) is 0 Å². The molecule has 20 heavy (non-hydrogen) atoms. The predicted molar refractivity (Wildman–Crippen MR) is 84.3 cm³/mol. The Hall–Kier alpha value is -1.05. The fourth-order valence-corrected chi connectivity index (χ4v) is 3.14. The molecule has 0 bridgehead atoms. The second-order valence-corrected chi connectivity index (χ2v) is 6.19. The summed E-state index contributed by atoms with van der Waals surface area (Å²) in [6, 6.07) is 0. The number of hydrogen-bond acceptors (Lipinski definition) is 1. The zero-order chi connectivity index (χ0) is 14.2. The van der Waals surface area contributed by atoms with Crippen LogP contribution in [0, 0.1) is 0 Å². The lowest BCUT2D eigenvalue weighted by Gasteiger charge is -2.07. The van der Waals surface area contributed by atoms with Crippen LogP contribution in [0.3, 0.4) is 0 Å². The Bertz CT molecular complexity index is 419. The van der Waals surface area contributed by atoms with Crippen molar-refractivity contribution >= 4 is 5.78 Å². The van der Waals surface area contributed by atoms with Crippen molar-refractivity contribution < 1.29 is 4.79 Å². The molecule has 2 nitrogen and oxygen atoms in total. The van der Waals surface area contributed by atoms with Crippen LogP contribution in [0.15, 0.2) is 12.4 Å². The average molecular weight is 275 g/mol. The maximum absolute atomic E-state index is 11.8. The largest absolute Gasteiger partial charge is 0.353 e. The minimum atomic E-state index is 0.348. The molecule has 0 amide bonds. The number of aromatic nitrogens is 1. The number of unbranched alkanes of at least 4 members (excludes halogenated alkanes) is 7. The lowest BCUT2D eigenvalue weighted by atomic mass is 9.95. The van der Waals surface area contributed by atoms with Gasteiger partial charge >= 0.3 is 0 Å². The standard InChI is InChI=1S/C18H29NO/c1-2-3-4-5-6-7-8-9-13-19-14-16-11-10-12-18(20)17(16)15-19/h14-15H,2-13H2,1H3. The summed E-state index contributed by atoms with van der Waals surface area (Å²) in [5.74, 6) is 0.348. The second kappa shape index (κ2) is 8.28. The average Bonchev–Trinajstić information content (AvgIpc) is 2.86. The van der Waals surface area contributed by atoms with Crippen LogP contribution in [0.5, 0.6) is 0 Å². The first kappa shape index (κ1) is 15.3. The van der Waals surface area contributed by atoms with Crippen molar-refractivity contribution in [2.45, 2.75) is 84.1 Å². The Morgan fingerprint density at radius 2 is 1.65 bits per heavy atom. The van der Waals surface area contributed by atoms with Crippen molar-refractivity contribution in [3.05, 3.63) is 23.5 Å². The monoisotopic (exact) mass is 275 g/mol. The first-order valence-electron chi connectivity index (χ1n) is 8.53. The fourth-order valence-electron chi connectivity index (χ4n) is 3.14. The molecule has 1 aromatic heterocycles. The second-order valence-electron chi connectivity index (χ2n) is 6.19. The summed E-state index contributed by atoms with van der Waals surface area (Å²) in [6.45, 7) is 3.34. The van der Waals surface area contributed by atoms with E-state index in [1.807, 2.05) is 0 Å². The molecule has 0 unspecified atom stereocenters. The predicted octanol–water partition coefficient (Wildman–Crippen LogP) is 5.15. The first-order valence-corrected chi connectivity index (χ1v) is 8.53. The van der Waals surface area contributed by atoms with Gasteiger partial charge in [0.15, 0.2) is 5.78 Å². The van der Waals surface area contributed by atoms with Gasteiger partial charge in [-0.25, -0.2) is 0 Å². The number of carbonyl (C=O) groups excluding carboxylic acids is 1. The minimum absolute atomic E-state index is 0.348. The normalized spacial score (nSPS) is 14.6. The van der Waals surface area contributed by atoms with Crippen molar-refractivity contribution in [2.75, 3.05) is 0 Å². The Balaban J connectivity index is 1.61. The molecule has 0 saturated carbocycles. The zero-order valence-electron chi connectivity index (χ0n) is 13.0. The minimum Gasteiger partial charge on any atom is -0.353 e. The number of rotatable bonds is 9. The van der Waals surface area contributed by atoms with Crippen LogP contribution in [0.25, 0.3) is 0 Å². The Morgan fingerprint density at radius 1 is 0.950 bits per heavy atom. The quantitative estimate of drug-likeness (QED) is 0.571. The summed E-state index contributed by atoms with van der Waals surface area (Å²) >= 11 is 0. The maximum atomic E-state index is 11.8. The summed E-state index contributed by atoms with van der Waals surface area (Å²) in [5.41, 5.74) is 2.27. The molecule has 0 N–H and O–H groups in total. The van der Waals surface area contributed by atoms with Crippen molar-refractivity contribution in [3.63, 3.8) is 0 Å². The fraction of sp³-hybridized carbons (Fsp3) is 0.722. The molecule has 0 aromatic carbocycles. The number of Topliss-reactive ketones (excluding diaryl/α,β-unsaturated/α-hetero) is 1. The van der Waals surface area contributed by atoms with E-state index in [-0.39, 0.29) is 0 Å². The molecule has 1 aliphatic rings. The van der Waals surface area contributed by atoms with Gasteiger partial charge in [-0.05, 0) is 24.8 Å². The van der Waals surface area contributed by atoms with E-state index in [4.69, 9.17) is 0 Å². The number of nitrogens with zero attached hydrogens (tertiary/aromatic N) is 1. The lowest BCUT2D eigenvalue weighted by molar-refractivity contribution is 0.0973. The summed E-state index contributed by atoms with van der Waals surface area (Å²) in [4.78, 5) is 11.8. The van der Waals surface area contributed by atoms with Crippen molar-refractivity contribution in [1.82, 2.24) is 4.57 Å². The van der Waals surface area contributed by atoms with Crippen LogP contribution >= 0.6 is 0 Å². The highest BCUT2D eigenvalue weighted by atomic mass is 16.1. The first-order chi connectivity index (χ1) is 9.81.